The Labute approximate surface area is 268 Å². The summed E-state index contributed by atoms with van der Waals surface area (Å²) in [6.45, 7) is 4.11. The van der Waals surface area contributed by atoms with E-state index in [-0.39, 0.29) is 25.2 Å². The summed E-state index contributed by atoms with van der Waals surface area (Å²) in [6, 6.07) is 0. The summed E-state index contributed by atoms with van der Waals surface area (Å²) in [4.78, 5) is 24.0. The van der Waals surface area contributed by atoms with Gasteiger partial charge in [-0.2, -0.15) is 0 Å². The highest BCUT2D eigenvalue weighted by atomic mass is 16.6. The van der Waals surface area contributed by atoms with Crippen LogP contribution in [0.1, 0.15) is 213 Å². The molecular weight excluding hydrogens is 536 g/mol. The first kappa shape index (κ1) is 41.9. The van der Waals surface area contributed by atoms with Crippen LogP contribution in [0.3, 0.4) is 0 Å². The molecule has 0 saturated heterocycles. The molecule has 0 saturated carbocycles. The first-order chi connectivity index (χ1) is 21.1. The number of hydrogen-bond donors (Lipinski definition) is 1. The average Bonchev–Trinajstić information content (AvgIpc) is 3.01. The molecule has 0 spiro atoms. The van der Waals surface area contributed by atoms with Crippen molar-refractivity contribution in [2.24, 2.45) is 0 Å². The third-order valence-corrected chi connectivity index (χ3v) is 8.65. The van der Waals surface area contributed by atoms with Crippen LogP contribution in [0.25, 0.3) is 0 Å². The number of esters is 2. The van der Waals surface area contributed by atoms with Gasteiger partial charge in [-0.3, -0.25) is 9.59 Å². The van der Waals surface area contributed by atoms with E-state index in [0.717, 1.165) is 38.5 Å². The van der Waals surface area contributed by atoms with Crippen LogP contribution < -0.4 is 0 Å². The minimum Gasteiger partial charge on any atom is -0.462 e. The zero-order valence-corrected chi connectivity index (χ0v) is 29.0. The Morgan fingerprint density at radius 2 is 0.721 bits per heavy atom. The molecule has 1 atom stereocenters. The van der Waals surface area contributed by atoms with Crippen LogP contribution in [0.15, 0.2) is 0 Å². The van der Waals surface area contributed by atoms with Crippen molar-refractivity contribution in [3.05, 3.63) is 0 Å². The van der Waals surface area contributed by atoms with Gasteiger partial charge in [-0.05, 0) is 12.8 Å². The maximum atomic E-state index is 12.1. The molecular formula is C38H74O5. The average molecular weight is 611 g/mol. The fourth-order valence-electron chi connectivity index (χ4n) is 5.73. The Balaban J connectivity index is 3.41. The fraction of sp³-hybridized carbons (Fsp3) is 0.947. The molecule has 0 unspecified atom stereocenters. The molecule has 0 radical (unpaired) electrons. The van der Waals surface area contributed by atoms with Crippen molar-refractivity contribution in [3.63, 3.8) is 0 Å². The van der Waals surface area contributed by atoms with E-state index in [1.54, 1.807) is 0 Å². The number of unbranched alkanes of at least 4 members (excludes halogenated alkanes) is 27. The molecule has 0 aromatic heterocycles. The van der Waals surface area contributed by atoms with E-state index >= 15 is 0 Å². The van der Waals surface area contributed by atoms with Gasteiger partial charge in [-0.25, -0.2) is 0 Å². The van der Waals surface area contributed by atoms with E-state index < -0.39 is 6.10 Å². The lowest BCUT2D eigenvalue weighted by Crippen LogP contribution is -2.28. The van der Waals surface area contributed by atoms with Gasteiger partial charge in [-0.1, -0.05) is 187 Å². The summed E-state index contributed by atoms with van der Waals surface area (Å²) in [6.07, 6.45) is 37.6. The maximum Gasteiger partial charge on any atom is 0.306 e. The summed E-state index contributed by atoms with van der Waals surface area (Å²) in [7, 11) is 0. The van der Waals surface area contributed by atoms with E-state index in [9.17, 15) is 14.7 Å². The Kier molecular flexibility index (Phi) is 34.5. The van der Waals surface area contributed by atoms with E-state index in [1.807, 2.05) is 0 Å². The molecule has 0 rings (SSSR count). The van der Waals surface area contributed by atoms with Crippen LogP contribution in [0.5, 0.6) is 0 Å². The van der Waals surface area contributed by atoms with Gasteiger partial charge in [0.05, 0.1) is 6.61 Å². The van der Waals surface area contributed by atoms with Crippen molar-refractivity contribution in [1.82, 2.24) is 0 Å². The second-order valence-corrected chi connectivity index (χ2v) is 13.0. The van der Waals surface area contributed by atoms with Crippen molar-refractivity contribution in [2.75, 3.05) is 13.2 Å². The van der Waals surface area contributed by atoms with Gasteiger partial charge in [0, 0.05) is 12.8 Å². The molecule has 1 N–H and O–H groups in total. The molecule has 0 aromatic rings. The second kappa shape index (κ2) is 35.4. The van der Waals surface area contributed by atoms with Crippen LogP contribution >= 0.6 is 0 Å². The Hall–Kier alpha value is -1.10. The molecule has 43 heavy (non-hydrogen) atoms. The van der Waals surface area contributed by atoms with Gasteiger partial charge in [0.2, 0.25) is 0 Å². The zero-order valence-electron chi connectivity index (χ0n) is 29.0. The predicted octanol–water partition coefficient (Wildman–Crippen LogP) is 11.6. The lowest BCUT2D eigenvalue weighted by atomic mass is 10.0. The molecule has 0 aliphatic carbocycles. The van der Waals surface area contributed by atoms with Crippen molar-refractivity contribution in [1.29, 1.82) is 0 Å². The van der Waals surface area contributed by atoms with Crippen molar-refractivity contribution >= 4 is 11.9 Å². The number of rotatable bonds is 35. The zero-order chi connectivity index (χ0) is 31.5. The summed E-state index contributed by atoms with van der Waals surface area (Å²) < 4.78 is 10.5. The molecule has 5 nitrogen and oxygen atoms in total. The summed E-state index contributed by atoms with van der Waals surface area (Å²) in [5, 5.41) is 9.49. The van der Waals surface area contributed by atoms with E-state index in [0.29, 0.717) is 12.8 Å². The summed E-state index contributed by atoms with van der Waals surface area (Å²) >= 11 is 0. The van der Waals surface area contributed by atoms with Crippen molar-refractivity contribution in [3.8, 4) is 0 Å². The number of aliphatic hydroxyl groups is 1. The van der Waals surface area contributed by atoms with Gasteiger partial charge >= 0.3 is 11.9 Å². The van der Waals surface area contributed by atoms with Crippen LogP contribution in [-0.4, -0.2) is 36.4 Å². The van der Waals surface area contributed by atoms with Gasteiger partial charge < -0.3 is 14.6 Å². The van der Waals surface area contributed by atoms with E-state index in [1.165, 1.54) is 148 Å². The standard InChI is InChI=1S/C38H74O5/c1-3-5-7-9-11-12-13-14-15-16-17-18-19-20-21-22-23-24-25-27-29-31-33-38(41)43-36(34-39)35-42-37(40)32-30-28-26-10-8-6-4-2/h36,39H,3-35H2,1-2H3/t36-/m0/s1. The molecule has 256 valence electrons. The third-order valence-electron chi connectivity index (χ3n) is 8.65. The van der Waals surface area contributed by atoms with Crippen LogP contribution in [0, 0.1) is 0 Å². The van der Waals surface area contributed by atoms with Crippen LogP contribution in [0.2, 0.25) is 0 Å². The number of ether oxygens (including phenoxy) is 2. The first-order valence-electron chi connectivity index (χ1n) is 19.1. The van der Waals surface area contributed by atoms with Gasteiger partial charge in [-0.15, -0.1) is 0 Å². The Bertz CT molecular complexity index is 579. The second-order valence-electron chi connectivity index (χ2n) is 13.0. The van der Waals surface area contributed by atoms with Gasteiger partial charge in [0.15, 0.2) is 6.10 Å². The Morgan fingerprint density at radius 3 is 1.02 bits per heavy atom. The first-order valence-corrected chi connectivity index (χ1v) is 19.1. The molecule has 0 fully saturated rings. The highest BCUT2D eigenvalue weighted by Crippen LogP contribution is 2.16. The van der Waals surface area contributed by atoms with Gasteiger partial charge in [0.25, 0.3) is 0 Å². The SMILES string of the molecule is CCCCCCCCCCCCCCCCCCCCCCCCC(=O)O[C@@H](CO)COC(=O)CCCCCCCCC. The van der Waals surface area contributed by atoms with Crippen molar-refractivity contribution < 1.29 is 24.2 Å². The lowest BCUT2D eigenvalue weighted by molar-refractivity contribution is -0.161. The van der Waals surface area contributed by atoms with Crippen LogP contribution in [0.4, 0.5) is 0 Å². The number of hydrogen-bond acceptors (Lipinski definition) is 5. The Morgan fingerprint density at radius 1 is 0.442 bits per heavy atom. The number of aliphatic hydroxyl groups excluding tert-OH is 1. The number of carbonyl (C=O) groups excluding carboxylic acids is 2. The topological polar surface area (TPSA) is 72.8 Å². The summed E-state index contributed by atoms with van der Waals surface area (Å²) in [5.41, 5.74) is 0. The molecule has 0 heterocycles. The summed E-state index contributed by atoms with van der Waals surface area (Å²) in [5.74, 6) is -0.585. The quantitative estimate of drug-likeness (QED) is 0.0571. The monoisotopic (exact) mass is 611 g/mol. The van der Waals surface area contributed by atoms with Crippen LogP contribution in [-0.2, 0) is 19.1 Å². The largest absolute Gasteiger partial charge is 0.462 e. The smallest absolute Gasteiger partial charge is 0.306 e. The minimum atomic E-state index is -0.759. The highest BCUT2D eigenvalue weighted by Gasteiger charge is 2.16. The molecule has 0 aromatic carbocycles. The lowest BCUT2D eigenvalue weighted by Gasteiger charge is -2.15. The highest BCUT2D eigenvalue weighted by molar-refractivity contribution is 5.70. The predicted molar refractivity (Wildman–Crippen MR) is 182 cm³/mol. The minimum absolute atomic E-state index is 0.0586. The molecule has 0 bridgehead atoms. The van der Waals surface area contributed by atoms with E-state index in [4.69, 9.17) is 9.47 Å². The van der Waals surface area contributed by atoms with Gasteiger partial charge in [0.1, 0.15) is 6.61 Å². The third kappa shape index (κ3) is 33.6. The fourth-order valence-corrected chi connectivity index (χ4v) is 5.73. The molecule has 0 amide bonds. The maximum absolute atomic E-state index is 12.1. The number of carbonyl (C=O) groups is 2. The molecule has 0 aliphatic rings. The molecule has 0 aliphatic heterocycles. The molecule has 5 heteroatoms. The van der Waals surface area contributed by atoms with E-state index in [2.05, 4.69) is 13.8 Å². The normalized spacial score (nSPS) is 12.0. The van der Waals surface area contributed by atoms with Crippen molar-refractivity contribution in [2.45, 2.75) is 219 Å².